The highest BCUT2D eigenvalue weighted by molar-refractivity contribution is 5.87. The average Bonchev–Trinajstić information content (AvgIpc) is 3.25. The minimum absolute atomic E-state index is 0.0237. The van der Waals surface area contributed by atoms with Crippen LogP contribution in [0.4, 0.5) is 5.69 Å². The van der Waals surface area contributed by atoms with Gasteiger partial charge in [0.1, 0.15) is 0 Å². The van der Waals surface area contributed by atoms with E-state index in [2.05, 4.69) is 0 Å². The van der Waals surface area contributed by atoms with E-state index in [0.29, 0.717) is 12.0 Å². The Labute approximate surface area is 169 Å². The Bertz CT molecular complexity index is 842. The van der Waals surface area contributed by atoms with Gasteiger partial charge in [-0.25, -0.2) is 0 Å². The number of β-amino-alcohol motifs (C(OH)–C–C–N with tert-alkyl or cyclic N) is 1. The molecule has 2 bridgehead atoms. The number of hydrogen-bond acceptors (Lipinski definition) is 5. The van der Waals surface area contributed by atoms with Crippen LogP contribution in [0.15, 0.2) is 36.4 Å². The molecule has 156 valence electrons. The predicted molar refractivity (Wildman–Crippen MR) is 105 cm³/mol. The average molecular weight is 402 g/mol. The van der Waals surface area contributed by atoms with Crippen LogP contribution in [0, 0.1) is 33.8 Å². The number of nitrogens with zero attached hydrogens (tertiary/aromatic N) is 2. The fraction of sp³-hybridized carbons (Fsp3) is 0.524. The molecular formula is C21H26N2O6. The number of nitro benzene ring substituents is 1. The van der Waals surface area contributed by atoms with Gasteiger partial charge in [-0.1, -0.05) is 12.2 Å². The monoisotopic (exact) mass is 402 g/mol. The number of carboxylic acid groups (broad SMARTS) is 1. The number of hydrogen-bond donors (Lipinski definition) is 2. The number of nitro groups is 1. The summed E-state index contributed by atoms with van der Waals surface area (Å²) in [4.78, 5) is 37.1. The zero-order chi connectivity index (χ0) is 21.5. The van der Waals surface area contributed by atoms with Crippen LogP contribution in [0.1, 0.15) is 38.9 Å². The normalized spacial score (nSPS) is 26.3. The molecule has 0 saturated heterocycles. The number of fused-ring (bicyclic) bond motifs is 2. The fourth-order valence-electron chi connectivity index (χ4n) is 4.47. The van der Waals surface area contributed by atoms with Crippen molar-refractivity contribution in [1.29, 1.82) is 0 Å². The van der Waals surface area contributed by atoms with Crippen molar-refractivity contribution < 1.29 is 24.7 Å². The highest BCUT2D eigenvalue weighted by Gasteiger charge is 2.53. The molecule has 0 spiro atoms. The Kier molecular flexibility index (Phi) is 5.49. The van der Waals surface area contributed by atoms with Crippen LogP contribution >= 0.6 is 0 Å². The van der Waals surface area contributed by atoms with Crippen LogP contribution in [0.3, 0.4) is 0 Å². The largest absolute Gasteiger partial charge is 0.481 e. The van der Waals surface area contributed by atoms with Crippen LogP contribution < -0.4 is 0 Å². The first-order chi connectivity index (χ1) is 13.5. The Morgan fingerprint density at radius 3 is 2.21 bits per heavy atom. The van der Waals surface area contributed by atoms with Gasteiger partial charge in [-0.15, -0.1) is 0 Å². The molecule has 1 amide bonds. The van der Waals surface area contributed by atoms with Crippen molar-refractivity contribution in [1.82, 2.24) is 4.90 Å². The smallest absolute Gasteiger partial charge is 0.307 e. The first-order valence-corrected chi connectivity index (χ1v) is 9.65. The minimum atomic E-state index is -1.05. The molecule has 1 fully saturated rings. The summed E-state index contributed by atoms with van der Waals surface area (Å²) in [6, 6.07) is 5.55. The standard InChI is InChI=1S/C21H26N2O6/c1-21(2,3)22(11-16(24)12-6-8-15(9-7-12)23(28)29)19(25)17-13-4-5-14(10-13)18(17)20(26)27/h4-9,13-14,16-18,24H,10-11H2,1-3H3,(H,26,27). The second kappa shape index (κ2) is 7.59. The molecule has 3 rings (SSSR count). The molecule has 5 unspecified atom stereocenters. The van der Waals surface area contributed by atoms with Gasteiger partial charge in [-0.3, -0.25) is 19.7 Å². The summed E-state index contributed by atoms with van der Waals surface area (Å²) in [7, 11) is 0. The predicted octanol–water partition coefficient (Wildman–Crippen LogP) is 2.78. The fourth-order valence-corrected chi connectivity index (χ4v) is 4.47. The molecule has 2 N–H and O–H groups in total. The summed E-state index contributed by atoms with van der Waals surface area (Å²) in [5.41, 5.74) is -0.254. The van der Waals surface area contributed by atoms with E-state index in [1.807, 2.05) is 32.9 Å². The molecule has 8 heteroatoms. The van der Waals surface area contributed by atoms with Gasteiger partial charge in [0.05, 0.1) is 29.4 Å². The maximum atomic E-state index is 13.4. The van der Waals surface area contributed by atoms with Gasteiger partial charge in [0.25, 0.3) is 5.69 Å². The SMILES string of the molecule is CC(C)(C)N(CC(O)c1ccc([N+](=O)[O-])cc1)C(=O)C1C2C=CC(C2)C1C(=O)O. The highest BCUT2D eigenvalue weighted by atomic mass is 16.6. The van der Waals surface area contributed by atoms with Crippen LogP contribution in [0.5, 0.6) is 0 Å². The molecule has 0 radical (unpaired) electrons. The van der Waals surface area contributed by atoms with Crippen LogP contribution in [-0.4, -0.2) is 44.0 Å². The van der Waals surface area contributed by atoms with Crippen molar-refractivity contribution in [3.05, 3.63) is 52.1 Å². The molecule has 1 saturated carbocycles. The number of non-ortho nitro benzene ring substituents is 1. The van der Waals surface area contributed by atoms with E-state index in [-0.39, 0.29) is 30.0 Å². The number of amides is 1. The second-order valence-electron chi connectivity index (χ2n) is 8.82. The maximum Gasteiger partial charge on any atom is 0.307 e. The zero-order valence-corrected chi connectivity index (χ0v) is 16.7. The lowest BCUT2D eigenvalue weighted by Crippen LogP contribution is -2.52. The number of aliphatic hydroxyl groups is 1. The second-order valence-corrected chi connectivity index (χ2v) is 8.82. The van der Waals surface area contributed by atoms with E-state index in [9.17, 15) is 29.9 Å². The lowest BCUT2D eigenvalue weighted by atomic mass is 9.81. The van der Waals surface area contributed by atoms with Crippen LogP contribution in [0.2, 0.25) is 0 Å². The molecule has 0 aliphatic heterocycles. The van der Waals surface area contributed by atoms with Gasteiger partial charge in [-0.05, 0) is 56.7 Å². The zero-order valence-electron chi connectivity index (χ0n) is 16.7. The summed E-state index contributed by atoms with van der Waals surface area (Å²) in [5, 5.41) is 31.2. The summed E-state index contributed by atoms with van der Waals surface area (Å²) in [5.74, 6) is -2.87. The molecule has 0 heterocycles. The molecule has 29 heavy (non-hydrogen) atoms. The number of aliphatic hydroxyl groups excluding tert-OH is 1. The molecule has 1 aromatic carbocycles. The number of rotatable bonds is 6. The lowest BCUT2D eigenvalue weighted by Gasteiger charge is -2.40. The third-order valence-electron chi connectivity index (χ3n) is 5.95. The lowest BCUT2D eigenvalue weighted by molar-refractivity contribution is -0.384. The first kappa shape index (κ1) is 21.0. The van der Waals surface area contributed by atoms with Crippen molar-refractivity contribution in [3.63, 3.8) is 0 Å². The number of aliphatic carboxylic acids is 1. The van der Waals surface area contributed by atoms with Gasteiger partial charge >= 0.3 is 5.97 Å². The summed E-state index contributed by atoms with van der Waals surface area (Å²) in [6.45, 7) is 5.49. The molecule has 0 aromatic heterocycles. The Morgan fingerprint density at radius 2 is 1.72 bits per heavy atom. The quantitative estimate of drug-likeness (QED) is 0.429. The molecule has 5 atom stereocenters. The van der Waals surface area contributed by atoms with Gasteiger partial charge < -0.3 is 15.1 Å². The molecular weight excluding hydrogens is 376 g/mol. The molecule has 2 aliphatic rings. The number of carbonyl (C=O) groups excluding carboxylic acids is 1. The Morgan fingerprint density at radius 1 is 1.17 bits per heavy atom. The van der Waals surface area contributed by atoms with Crippen LogP contribution in [0.25, 0.3) is 0 Å². The molecule has 8 nitrogen and oxygen atoms in total. The van der Waals surface area contributed by atoms with E-state index in [1.165, 1.54) is 29.2 Å². The number of carbonyl (C=O) groups is 2. The van der Waals surface area contributed by atoms with Crippen molar-refractivity contribution in [3.8, 4) is 0 Å². The Balaban J connectivity index is 1.83. The van der Waals surface area contributed by atoms with E-state index < -0.39 is 34.4 Å². The number of carboxylic acids is 1. The van der Waals surface area contributed by atoms with E-state index in [0.717, 1.165) is 0 Å². The summed E-state index contributed by atoms with van der Waals surface area (Å²) in [6.07, 6.45) is 3.44. The van der Waals surface area contributed by atoms with Crippen molar-refractivity contribution >= 4 is 17.6 Å². The van der Waals surface area contributed by atoms with E-state index in [1.54, 1.807) is 0 Å². The highest BCUT2D eigenvalue weighted by Crippen LogP contribution is 2.49. The van der Waals surface area contributed by atoms with E-state index >= 15 is 0 Å². The van der Waals surface area contributed by atoms with Gasteiger partial charge in [0, 0.05) is 17.7 Å². The number of allylic oxidation sites excluding steroid dienone is 2. The third kappa shape index (κ3) is 4.03. The van der Waals surface area contributed by atoms with Gasteiger partial charge in [0.15, 0.2) is 0 Å². The van der Waals surface area contributed by atoms with E-state index in [4.69, 9.17) is 0 Å². The topological polar surface area (TPSA) is 121 Å². The minimum Gasteiger partial charge on any atom is -0.481 e. The molecule has 1 aromatic rings. The van der Waals surface area contributed by atoms with Gasteiger partial charge in [-0.2, -0.15) is 0 Å². The van der Waals surface area contributed by atoms with Crippen molar-refractivity contribution in [2.24, 2.45) is 23.7 Å². The van der Waals surface area contributed by atoms with Crippen molar-refractivity contribution in [2.45, 2.75) is 38.8 Å². The Hall–Kier alpha value is -2.74. The van der Waals surface area contributed by atoms with Crippen molar-refractivity contribution in [2.75, 3.05) is 6.54 Å². The first-order valence-electron chi connectivity index (χ1n) is 9.65. The third-order valence-corrected chi connectivity index (χ3v) is 5.95. The molecule has 2 aliphatic carbocycles. The summed E-state index contributed by atoms with van der Waals surface area (Å²) < 4.78 is 0. The number of benzene rings is 1. The van der Waals surface area contributed by atoms with Crippen LogP contribution in [-0.2, 0) is 9.59 Å². The summed E-state index contributed by atoms with van der Waals surface area (Å²) >= 11 is 0. The van der Waals surface area contributed by atoms with Gasteiger partial charge in [0.2, 0.25) is 5.91 Å². The maximum absolute atomic E-state index is 13.4.